The molecule has 2 aromatic rings. The molecule has 1 amide bonds. The Balaban J connectivity index is 1.61. The fraction of sp³-hybridized carbons (Fsp3) is 0.286. The van der Waals surface area contributed by atoms with Gasteiger partial charge in [0.15, 0.2) is 6.61 Å². The number of nitrogens with one attached hydrogen (secondary N) is 1. The third-order valence-electron chi connectivity index (χ3n) is 2.70. The minimum Gasteiger partial charge on any atom is -0.484 e. The normalized spacial score (nSPS) is 10.2. The molecule has 0 aliphatic carbocycles. The Morgan fingerprint density at radius 3 is 3.10 bits per heavy atom. The van der Waals surface area contributed by atoms with E-state index >= 15 is 0 Å². The van der Waals surface area contributed by atoms with Crippen molar-refractivity contribution in [3.8, 4) is 5.75 Å². The number of hydrogen-bond acceptors (Lipinski definition) is 4. The highest BCUT2D eigenvalue weighted by atomic mass is 16.5. The summed E-state index contributed by atoms with van der Waals surface area (Å²) in [5.74, 6) is 0.455. The van der Waals surface area contributed by atoms with E-state index in [0.717, 1.165) is 13.0 Å². The number of carbonyl (C=O) groups is 1. The molecule has 106 valence electrons. The first-order valence-electron chi connectivity index (χ1n) is 6.45. The average Bonchev–Trinajstić information content (AvgIpc) is 2.95. The summed E-state index contributed by atoms with van der Waals surface area (Å²) in [5, 5.41) is 2.80. The maximum Gasteiger partial charge on any atom is 0.257 e. The molecule has 1 aromatic heterocycles. The Morgan fingerprint density at radius 1 is 1.45 bits per heavy atom. The number of nitrogens with two attached hydrogens (primary N) is 1. The Bertz CT molecular complexity index is 540. The second kappa shape index (κ2) is 7.18. The lowest BCUT2D eigenvalue weighted by Crippen LogP contribution is -2.30. The zero-order valence-electron chi connectivity index (χ0n) is 11.2. The molecule has 1 heterocycles. The average molecular weight is 274 g/mol. The van der Waals surface area contributed by atoms with E-state index in [2.05, 4.69) is 10.3 Å². The van der Waals surface area contributed by atoms with Gasteiger partial charge in [0.05, 0.1) is 6.33 Å². The van der Waals surface area contributed by atoms with E-state index in [9.17, 15) is 4.79 Å². The predicted molar refractivity (Wildman–Crippen MR) is 76.2 cm³/mol. The number of aryl methyl sites for hydroxylation is 1. The van der Waals surface area contributed by atoms with Crippen LogP contribution in [0.2, 0.25) is 0 Å². The number of nitrogen functional groups attached to an aromatic ring is 1. The first kappa shape index (κ1) is 13.9. The fourth-order valence-electron chi connectivity index (χ4n) is 1.71. The van der Waals surface area contributed by atoms with Crippen molar-refractivity contribution in [1.82, 2.24) is 14.9 Å². The van der Waals surface area contributed by atoms with Gasteiger partial charge in [0.25, 0.3) is 5.91 Å². The number of rotatable bonds is 7. The van der Waals surface area contributed by atoms with Crippen LogP contribution in [0.1, 0.15) is 6.42 Å². The van der Waals surface area contributed by atoms with Crippen molar-refractivity contribution in [1.29, 1.82) is 0 Å². The Kier molecular flexibility index (Phi) is 5.00. The Morgan fingerprint density at radius 2 is 2.35 bits per heavy atom. The molecule has 0 unspecified atom stereocenters. The molecule has 0 saturated heterocycles. The zero-order valence-corrected chi connectivity index (χ0v) is 11.2. The zero-order chi connectivity index (χ0) is 14.2. The third-order valence-corrected chi connectivity index (χ3v) is 2.70. The van der Waals surface area contributed by atoms with Crippen LogP contribution in [-0.4, -0.2) is 28.6 Å². The quantitative estimate of drug-likeness (QED) is 0.584. The van der Waals surface area contributed by atoms with Crippen LogP contribution in [0.5, 0.6) is 5.75 Å². The maximum atomic E-state index is 11.6. The molecular weight excluding hydrogens is 256 g/mol. The van der Waals surface area contributed by atoms with E-state index < -0.39 is 0 Å². The molecule has 0 radical (unpaired) electrons. The number of aromatic nitrogens is 2. The number of benzene rings is 1. The number of hydrogen-bond donors (Lipinski definition) is 2. The van der Waals surface area contributed by atoms with Gasteiger partial charge in [-0.3, -0.25) is 4.79 Å². The molecular formula is C14H18N4O2. The van der Waals surface area contributed by atoms with Crippen molar-refractivity contribution >= 4 is 11.6 Å². The van der Waals surface area contributed by atoms with E-state index in [0.29, 0.717) is 18.0 Å². The number of ether oxygens (including phenoxy) is 1. The van der Waals surface area contributed by atoms with Crippen molar-refractivity contribution in [2.75, 3.05) is 18.9 Å². The van der Waals surface area contributed by atoms with Crippen LogP contribution in [0.15, 0.2) is 43.0 Å². The molecule has 0 saturated carbocycles. The van der Waals surface area contributed by atoms with Crippen LogP contribution in [-0.2, 0) is 11.3 Å². The lowest BCUT2D eigenvalue weighted by Gasteiger charge is -2.08. The molecule has 2 rings (SSSR count). The predicted octanol–water partition coefficient (Wildman–Crippen LogP) is 1.05. The number of carbonyl (C=O) groups excluding carboxylic acids is 1. The van der Waals surface area contributed by atoms with Gasteiger partial charge in [-0.05, 0) is 18.6 Å². The molecule has 0 aliphatic rings. The highest BCUT2D eigenvalue weighted by Crippen LogP contribution is 2.13. The summed E-state index contributed by atoms with van der Waals surface area (Å²) >= 11 is 0. The molecule has 0 spiro atoms. The van der Waals surface area contributed by atoms with E-state index in [1.807, 2.05) is 10.8 Å². The lowest BCUT2D eigenvalue weighted by atomic mass is 10.3. The van der Waals surface area contributed by atoms with Crippen LogP contribution in [0.25, 0.3) is 0 Å². The van der Waals surface area contributed by atoms with Crippen LogP contribution in [0.4, 0.5) is 5.69 Å². The SMILES string of the molecule is Nc1cccc(OCC(=O)NCCCn2ccnc2)c1. The summed E-state index contributed by atoms with van der Waals surface area (Å²) in [5.41, 5.74) is 6.24. The van der Waals surface area contributed by atoms with Gasteiger partial charge in [-0.15, -0.1) is 0 Å². The van der Waals surface area contributed by atoms with Gasteiger partial charge in [-0.25, -0.2) is 4.98 Å². The van der Waals surface area contributed by atoms with Crippen LogP contribution in [0, 0.1) is 0 Å². The number of anilines is 1. The minimum atomic E-state index is -0.141. The summed E-state index contributed by atoms with van der Waals surface area (Å²) in [4.78, 5) is 15.5. The van der Waals surface area contributed by atoms with Gasteiger partial charge in [0, 0.05) is 37.2 Å². The first-order chi connectivity index (χ1) is 9.74. The van der Waals surface area contributed by atoms with E-state index in [1.54, 1.807) is 36.8 Å². The smallest absolute Gasteiger partial charge is 0.257 e. The molecule has 6 heteroatoms. The molecule has 20 heavy (non-hydrogen) atoms. The number of amides is 1. The van der Waals surface area contributed by atoms with Crippen LogP contribution in [0.3, 0.4) is 0 Å². The number of nitrogens with zero attached hydrogens (tertiary/aromatic N) is 2. The van der Waals surface area contributed by atoms with Gasteiger partial charge >= 0.3 is 0 Å². The molecule has 0 atom stereocenters. The van der Waals surface area contributed by atoms with Crippen molar-refractivity contribution in [3.63, 3.8) is 0 Å². The molecule has 1 aromatic carbocycles. The highest BCUT2D eigenvalue weighted by Gasteiger charge is 2.02. The highest BCUT2D eigenvalue weighted by molar-refractivity contribution is 5.77. The second-order valence-corrected chi connectivity index (χ2v) is 4.37. The van der Waals surface area contributed by atoms with E-state index in [4.69, 9.17) is 10.5 Å². The Hall–Kier alpha value is -2.50. The van der Waals surface area contributed by atoms with E-state index in [-0.39, 0.29) is 12.5 Å². The molecule has 3 N–H and O–H groups in total. The van der Waals surface area contributed by atoms with Crippen LogP contribution < -0.4 is 15.8 Å². The lowest BCUT2D eigenvalue weighted by molar-refractivity contribution is -0.123. The van der Waals surface area contributed by atoms with Crippen LogP contribution >= 0.6 is 0 Å². The monoisotopic (exact) mass is 274 g/mol. The summed E-state index contributed by atoms with van der Waals surface area (Å²) in [6.07, 6.45) is 6.23. The molecule has 6 nitrogen and oxygen atoms in total. The third kappa shape index (κ3) is 4.64. The summed E-state index contributed by atoms with van der Waals surface area (Å²) in [6.45, 7) is 1.43. The molecule has 0 fully saturated rings. The van der Waals surface area contributed by atoms with Crippen molar-refractivity contribution in [3.05, 3.63) is 43.0 Å². The summed E-state index contributed by atoms with van der Waals surface area (Å²) in [6, 6.07) is 7.01. The van der Waals surface area contributed by atoms with Gasteiger partial charge in [0.1, 0.15) is 5.75 Å². The summed E-state index contributed by atoms with van der Waals surface area (Å²) in [7, 11) is 0. The summed E-state index contributed by atoms with van der Waals surface area (Å²) < 4.78 is 7.31. The largest absolute Gasteiger partial charge is 0.484 e. The fourth-order valence-corrected chi connectivity index (χ4v) is 1.71. The molecule has 0 bridgehead atoms. The van der Waals surface area contributed by atoms with Crippen molar-refractivity contribution in [2.24, 2.45) is 0 Å². The standard InChI is InChI=1S/C14H18N4O2/c15-12-3-1-4-13(9-12)20-10-14(19)17-5-2-7-18-8-6-16-11-18/h1,3-4,6,8-9,11H,2,5,7,10,15H2,(H,17,19). The van der Waals surface area contributed by atoms with E-state index in [1.165, 1.54) is 0 Å². The Labute approximate surface area is 117 Å². The van der Waals surface area contributed by atoms with Gasteiger partial charge in [-0.1, -0.05) is 6.07 Å². The van der Waals surface area contributed by atoms with Crippen molar-refractivity contribution < 1.29 is 9.53 Å². The number of imidazole rings is 1. The molecule has 0 aliphatic heterocycles. The topological polar surface area (TPSA) is 82.2 Å². The minimum absolute atomic E-state index is 0.00543. The maximum absolute atomic E-state index is 11.6. The van der Waals surface area contributed by atoms with Crippen molar-refractivity contribution in [2.45, 2.75) is 13.0 Å². The van der Waals surface area contributed by atoms with Gasteiger partial charge < -0.3 is 20.4 Å². The second-order valence-electron chi connectivity index (χ2n) is 4.37. The first-order valence-corrected chi connectivity index (χ1v) is 6.45. The van der Waals surface area contributed by atoms with Gasteiger partial charge in [0.2, 0.25) is 0 Å². The van der Waals surface area contributed by atoms with Gasteiger partial charge in [-0.2, -0.15) is 0 Å².